The van der Waals surface area contributed by atoms with Gasteiger partial charge < -0.3 is 15.0 Å². The number of hydrogen-bond donors (Lipinski definition) is 1. The number of rotatable bonds is 8. The maximum Gasteiger partial charge on any atom is 0.266 e. The Labute approximate surface area is 180 Å². The second-order valence-electron chi connectivity index (χ2n) is 7.66. The van der Waals surface area contributed by atoms with E-state index in [1.54, 1.807) is 24.3 Å². The first-order chi connectivity index (χ1) is 15.1. The molecule has 2 aliphatic heterocycles. The molecular weight excluding hydrogens is 396 g/mol. The van der Waals surface area contributed by atoms with Crippen LogP contribution in [0.4, 0.5) is 11.4 Å². The molecule has 0 saturated carbocycles. The molecule has 31 heavy (non-hydrogen) atoms. The second kappa shape index (κ2) is 9.18. The molecule has 2 amide bonds. The van der Waals surface area contributed by atoms with E-state index in [4.69, 9.17) is 0 Å². The zero-order valence-electron chi connectivity index (χ0n) is 17.2. The van der Waals surface area contributed by atoms with Gasteiger partial charge in [-0.2, -0.15) is 0 Å². The van der Waals surface area contributed by atoms with Crippen LogP contribution in [0.1, 0.15) is 45.7 Å². The van der Waals surface area contributed by atoms with Crippen LogP contribution in [0.2, 0.25) is 0 Å². The number of unbranched alkanes of at least 4 members (excludes halogenated alkanes) is 1. The van der Waals surface area contributed by atoms with Crippen LogP contribution in [0.5, 0.6) is 0 Å². The highest BCUT2D eigenvalue weighted by Crippen LogP contribution is 2.32. The average Bonchev–Trinajstić information content (AvgIpc) is 3.04. The van der Waals surface area contributed by atoms with Crippen molar-refractivity contribution < 1.29 is 19.2 Å². The third-order valence-electron chi connectivity index (χ3n) is 5.60. The predicted octanol–water partition coefficient (Wildman–Crippen LogP) is 1.77. The van der Waals surface area contributed by atoms with Gasteiger partial charge in [0.1, 0.15) is 12.1 Å². The molecular formula is C23H24N4O4. The van der Waals surface area contributed by atoms with Crippen LogP contribution in [-0.4, -0.2) is 55.0 Å². The molecule has 0 aliphatic carbocycles. The fourth-order valence-electron chi connectivity index (χ4n) is 3.99. The first-order valence-electron chi connectivity index (χ1n) is 10.5. The summed E-state index contributed by atoms with van der Waals surface area (Å²) in [5.41, 5.74) is 2.36. The molecule has 2 aromatic rings. The summed E-state index contributed by atoms with van der Waals surface area (Å²) in [4.78, 5) is 56.6. The summed E-state index contributed by atoms with van der Waals surface area (Å²) in [5.74, 6) is -0.895. The van der Waals surface area contributed by atoms with E-state index in [0.717, 1.165) is 43.1 Å². The average molecular weight is 420 g/mol. The lowest BCUT2D eigenvalue weighted by Gasteiger charge is -2.29. The van der Waals surface area contributed by atoms with Gasteiger partial charge in [-0.25, -0.2) is 4.90 Å². The van der Waals surface area contributed by atoms with Crippen LogP contribution in [0.25, 0.3) is 0 Å². The molecule has 0 radical (unpaired) electrons. The van der Waals surface area contributed by atoms with E-state index in [1.165, 1.54) is 6.20 Å². The number of carbonyl (C=O) groups excluding carboxylic acids is 4. The minimum atomic E-state index is -0.408. The molecule has 1 fully saturated rings. The van der Waals surface area contributed by atoms with Crippen molar-refractivity contribution in [2.75, 3.05) is 36.0 Å². The number of imide groups is 1. The number of benzene rings is 1. The summed E-state index contributed by atoms with van der Waals surface area (Å²) in [6, 6.07) is 8.64. The number of nitrogens with zero attached hydrogens (tertiary/aromatic N) is 3. The number of Topliss-reactive ketones (excluding diaryl/α,β-unsaturated/α-hetero) is 1. The van der Waals surface area contributed by atoms with Gasteiger partial charge in [0.15, 0.2) is 0 Å². The molecule has 8 heteroatoms. The molecule has 2 aliphatic rings. The predicted molar refractivity (Wildman–Crippen MR) is 116 cm³/mol. The Morgan fingerprint density at radius 1 is 1.10 bits per heavy atom. The van der Waals surface area contributed by atoms with E-state index in [1.807, 2.05) is 6.07 Å². The number of ketones is 1. The van der Waals surface area contributed by atoms with Gasteiger partial charge in [0.25, 0.3) is 11.8 Å². The van der Waals surface area contributed by atoms with E-state index < -0.39 is 11.8 Å². The summed E-state index contributed by atoms with van der Waals surface area (Å²) in [5, 5.41) is 3.30. The van der Waals surface area contributed by atoms with Crippen LogP contribution < -0.4 is 15.1 Å². The number of carbonyl (C=O) groups is 4. The van der Waals surface area contributed by atoms with E-state index in [0.29, 0.717) is 35.3 Å². The maximum absolute atomic E-state index is 13.2. The summed E-state index contributed by atoms with van der Waals surface area (Å²) >= 11 is 0. The smallest absolute Gasteiger partial charge is 0.266 e. The highest BCUT2D eigenvalue weighted by Gasteiger charge is 2.38. The van der Waals surface area contributed by atoms with E-state index in [2.05, 4.69) is 15.2 Å². The van der Waals surface area contributed by atoms with Crippen molar-refractivity contribution in [3.05, 3.63) is 53.3 Å². The molecule has 1 N–H and O–H groups in total. The molecule has 1 saturated heterocycles. The number of pyridine rings is 1. The SMILES string of the molecule is O=CCCCC(=O)Cc1ncccc1N1C(=O)c2ccc(N3CCNCC3)cc2C1=O. The molecule has 0 bridgehead atoms. The van der Waals surface area contributed by atoms with Crippen LogP contribution in [0, 0.1) is 0 Å². The Hall–Kier alpha value is -3.39. The van der Waals surface area contributed by atoms with Gasteiger partial charge in [-0.15, -0.1) is 0 Å². The Morgan fingerprint density at radius 2 is 1.87 bits per heavy atom. The van der Waals surface area contributed by atoms with Gasteiger partial charge >= 0.3 is 0 Å². The van der Waals surface area contributed by atoms with E-state index in [-0.39, 0.29) is 18.6 Å². The lowest BCUT2D eigenvalue weighted by atomic mass is 10.1. The van der Waals surface area contributed by atoms with Gasteiger partial charge in [0.2, 0.25) is 0 Å². The standard InChI is InChI=1S/C23H24N4O4/c28-13-2-1-4-17(29)15-20-21(5-3-8-25-20)27-22(30)18-7-6-16(14-19(18)23(27)31)26-11-9-24-10-12-26/h3,5-8,13-14,24H,1-2,4,9-12,15H2. The normalized spacial score (nSPS) is 15.9. The largest absolute Gasteiger partial charge is 0.369 e. The van der Waals surface area contributed by atoms with Gasteiger partial charge in [0, 0.05) is 50.9 Å². The monoisotopic (exact) mass is 420 g/mol. The topological polar surface area (TPSA) is 99.7 Å². The number of nitrogens with one attached hydrogen (secondary N) is 1. The minimum absolute atomic E-state index is 0.00840. The van der Waals surface area contributed by atoms with Crippen molar-refractivity contribution in [2.24, 2.45) is 0 Å². The first kappa shape index (κ1) is 20.9. The van der Waals surface area contributed by atoms with Crippen molar-refractivity contribution in [2.45, 2.75) is 25.7 Å². The summed E-state index contributed by atoms with van der Waals surface area (Å²) < 4.78 is 0. The van der Waals surface area contributed by atoms with Crippen molar-refractivity contribution in [3.63, 3.8) is 0 Å². The lowest BCUT2D eigenvalue weighted by molar-refractivity contribution is -0.118. The number of fused-ring (bicyclic) bond motifs is 1. The number of aldehydes is 1. The Morgan fingerprint density at radius 3 is 2.65 bits per heavy atom. The van der Waals surface area contributed by atoms with Gasteiger partial charge in [-0.1, -0.05) is 0 Å². The molecule has 8 nitrogen and oxygen atoms in total. The Kier molecular flexibility index (Phi) is 6.18. The van der Waals surface area contributed by atoms with Crippen LogP contribution >= 0.6 is 0 Å². The highest BCUT2D eigenvalue weighted by molar-refractivity contribution is 6.34. The quantitative estimate of drug-likeness (QED) is 0.395. The summed E-state index contributed by atoms with van der Waals surface area (Å²) in [6.07, 6.45) is 3.39. The fourth-order valence-corrected chi connectivity index (χ4v) is 3.99. The maximum atomic E-state index is 13.2. The second-order valence-corrected chi connectivity index (χ2v) is 7.66. The van der Waals surface area contributed by atoms with Gasteiger partial charge in [0.05, 0.1) is 28.9 Å². The van der Waals surface area contributed by atoms with E-state index in [9.17, 15) is 19.2 Å². The van der Waals surface area contributed by atoms with Crippen LogP contribution in [0.3, 0.4) is 0 Å². The first-order valence-corrected chi connectivity index (χ1v) is 10.5. The zero-order valence-corrected chi connectivity index (χ0v) is 17.2. The fraction of sp³-hybridized carbons (Fsp3) is 0.348. The molecule has 0 unspecified atom stereocenters. The molecule has 0 spiro atoms. The van der Waals surface area contributed by atoms with Crippen LogP contribution in [0.15, 0.2) is 36.5 Å². The number of hydrogen-bond acceptors (Lipinski definition) is 7. The number of aromatic nitrogens is 1. The number of piperazine rings is 1. The molecule has 1 aromatic carbocycles. The Balaban J connectivity index is 1.59. The number of amides is 2. The van der Waals surface area contributed by atoms with Crippen molar-refractivity contribution >= 4 is 35.3 Å². The zero-order chi connectivity index (χ0) is 21.8. The van der Waals surface area contributed by atoms with Gasteiger partial charge in [-0.3, -0.25) is 19.4 Å². The molecule has 3 heterocycles. The van der Waals surface area contributed by atoms with Crippen molar-refractivity contribution in [3.8, 4) is 0 Å². The van der Waals surface area contributed by atoms with Gasteiger partial charge in [-0.05, 0) is 36.8 Å². The van der Waals surface area contributed by atoms with Crippen molar-refractivity contribution in [1.82, 2.24) is 10.3 Å². The van der Waals surface area contributed by atoms with Crippen LogP contribution in [-0.2, 0) is 16.0 Å². The molecule has 4 rings (SSSR count). The summed E-state index contributed by atoms with van der Waals surface area (Å²) in [7, 11) is 0. The Bertz CT molecular complexity index is 1030. The summed E-state index contributed by atoms with van der Waals surface area (Å²) in [6.45, 7) is 3.42. The third kappa shape index (κ3) is 4.25. The molecule has 1 aromatic heterocycles. The lowest BCUT2D eigenvalue weighted by Crippen LogP contribution is -2.43. The van der Waals surface area contributed by atoms with E-state index >= 15 is 0 Å². The molecule has 0 atom stereocenters. The number of anilines is 2. The third-order valence-corrected chi connectivity index (χ3v) is 5.60. The highest BCUT2D eigenvalue weighted by atomic mass is 16.2. The van der Waals surface area contributed by atoms with Crippen molar-refractivity contribution in [1.29, 1.82) is 0 Å². The molecule has 160 valence electrons. The minimum Gasteiger partial charge on any atom is -0.369 e.